The van der Waals surface area contributed by atoms with E-state index >= 15 is 0 Å². The summed E-state index contributed by atoms with van der Waals surface area (Å²) in [6.45, 7) is 1.45. The molecular weight excluding hydrogens is 212 g/mol. The maximum atomic E-state index is 5.38. The molecule has 0 fully saturated rings. The Morgan fingerprint density at radius 2 is 2.07 bits per heavy atom. The highest BCUT2D eigenvalue weighted by molar-refractivity contribution is 8.22. The Hall–Kier alpha value is -0.580. The predicted octanol–water partition coefficient (Wildman–Crippen LogP) is 1.75. The van der Waals surface area contributed by atoms with Gasteiger partial charge in [0.1, 0.15) is 4.32 Å². The van der Waals surface area contributed by atoms with Crippen molar-refractivity contribution in [3.8, 4) is 0 Å². The Labute approximate surface area is 94.3 Å². The molecule has 4 heteroatoms. The number of hydrogen-bond acceptors (Lipinski definition) is 3. The van der Waals surface area contributed by atoms with Crippen LogP contribution in [0.15, 0.2) is 30.3 Å². The SMILES string of the molecule is NCCSC(=S)NCc1ccccc1. The molecule has 0 heterocycles. The summed E-state index contributed by atoms with van der Waals surface area (Å²) in [6, 6.07) is 10.2. The quantitative estimate of drug-likeness (QED) is 0.767. The number of thioether (sulfide) groups is 1. The molecule has 1 rings (SSSR count). The van der Waals surface area contributed by atoms with E-state index in [4.69, 9.17) is 18.0 Å². The van der Waals surface area contributed by atoms with E-state index in [2.05, 4.69) is 17.4 Å². The molecule has 76 valence electrons. The first kappa shape index (κ1) is 11.5. The minimum atomic E-state index is 0.665. The molecule has 0 bridgehead atoms. The zero-order valence-corrected chi connectivity index (χ0v) is 9.53. The van der Waals surface area contributed by atoms with E-state index in [9.17, 15) is 0 Å². The van der Waals surface area contributed by atoms with Crippen LogP contribution in [0.3, 0.4) is 0 Å². The fourth-order valence-electron chi connectivity index (χ4n) is 0.973. The molecule has 0 aliphatic rings. The number of benzene rings is 1. The first-order valence-electron chi connectivity index (χ1n) is 4.47. The van der Waals surface area contributed by atoms with Gasteiger partial charge in [0.05, 0.1) is 0 Å². The van der Waals surface area contributed by atoms with E-state index < -0.39 is 0 Å². The van der Waals surface area contributed by atoms with Crippen molar-refractivity contribution in [2.75, 3.05) is 12.3 Å². The molecule has 0 atom stereocenters. The van der Waals surface area contributed by atoms with Gasteiger partial charge in [0.15, 0.2) is 0 Å². The van der Waals surface area contributed by atoms with E-state index in [0.29, 0.717) is 6.54 Å². The lowest BCUT2D eigenvalue weighted by atomic mass is 10.2. The summed E-state index contributed by atoms with van der Waals surface area (Å²) >= 11 is 6.71. The summed E-state index contributed by atoms with van der Waals surface area (Å²) < 4.78 is 0.819. The number of hydrogen-bond donors (Lipinski definition) is 2. The van der Waals surface area contributed by atoms with Crippen LogP contribution in [-0.4, -0.2) is 16.6 Å². The molecule has 0 spiro atoms. The third kappa shape index (κ3) is 4.60. The average Bonchev–Trinajstić information content (AvgIpc) is 2.25. The molecule has 0 unspecified atom stereocenters. The van der Waals surface area contributed by atoms with Crippen molar-refractivity contribution in [1.29, 1.82) is 0 Å². The number of nitrogens with one attached hydrogen (secondary N) is 1. The molecule has 0 amide bonds. The summed E-state index contributed by atoms with van der Waals surface area (Å²) in [5.74, 6) is 0.876. The highest BCUT2D eigenvalue weighted by Crippen LogP contribution is 2.02. The Balaban J connectivity index is 2.24. The van der Waals surface area contributed by atoms with Crippen LogP contribution in [0.4, 0.5) is 0 Å². The second-order valence-electron chi connectivity index (χ2n) is 2.76. The summed E-state index contributed by atoms with van der Waals surface area (Å²) in [7, 11) is 0. The second-order valence-corrected chi connectivity index (χ2v) is 4.54. The van der Waals surface area contributed by atoms with Gasteiger partial charge in [-0.25, -0.2) is 0 Å². The molecule has 0 saturated heterocycles. The standard InChI is InChI=1S/C10H14N2S2/c11-6-7-14-10(13)12-8-9-4-2-1-3-5-9/h1-5H,6-8,11H2,(H,12,13). The molecule has 1 aromatic carbocycles. The first-order chi connectivity index (χ1) is 6.83. The van der Waals surface area contributed by atoms with Gasteiger partial charge in [0, 0.05) is 18.8 Å². The average molecular weight is 226 g/mol. The lowest BCUT2D eigenvalue weighted by Gasteiger charge is -2.06. The lowest BCUT2D eigenvalue weighted by Crippen LogP contribution is -2.19. The Morgan fingerprint density at radius 3 is 2.71 bits per heavy atom. The van der Waals surface area contributed by atoms with Crippen molar-refractivity contribution in [3.63, 3.8) is 0 Å². The number of rotatable bonds is 4. The van der Waals surface area contributed by atoms with E-state index in [1.807, 2.05) is 18.2 Å². The van der Waals surface area contributed by atoms with Crippen molar-refractivity contribution >= 4 is 28.3 Å². The normalized spacial score (nSPS) is 9.79. The van der Waals surface area contributed by atoms with E-state index in [-0.39, 0.29) is 0 Å². The molecule has 0 aliphatic heterocycles. The van der Waals surface area contributed by atoms with E-state index in [1.165, 1.54) is 5.56 Å². The minimum absolute atomic E-state index is 0.665. The zero-order valence-electron chi connectivity index (χ0n) is 7.90. The van der Waals surface area contributed by atoms with Crippen LogP contribution in [0.1, 0.15) is 5.56 Å². The van der Waals surface area contributed by atoms with Gasteiger partial charge in [-0.1, -0.05) is 54.3 Å². The van der Waals surface area contributed by atoms with Crippen molar-refractivity contribution in [3.05, 3.63) is 35.9 Å². The Kier molecular flexibility index (Phi) is 5.59. The highest BCUT2D eigenvalue weighted by atomic mass is 32.2. The topological polar surface area (TPSA) is 38.0 Å². The smallest absolute Gasteiger partial charge is 0.134 e. The van der Waals surface area contributed by atoms with Crippen LogP contribution in [0, 0.1) is 0 Å². The van der Waals surface area contributed by atoms with Crippen LogP contribution >= 0.6 is 24.0 Å². The van der Waals surface area contributed by atoms with Crippen molar-refractivity contribution < 1.29 is 0 Å². The van der Waals surface area contributed by atoms with Gasteiger partial charge >= 0.3 is 0 Å². The molecule has 0 saturated carbocycles. The number of thiocarbonyl (C=S) groups is 1. The van der Waals surface area contributed by atoms with Crippen molar-refractivity contribution in [1.82, 2.24) is 5.32 Å². The fraction of sp³-hybridized carbons (Fsp3) is 0.300. The molecular formula is C10H14N2S2. The van der Waals surface area contributed by atoms with Crippen LogP contribution in [0.2, 0.25) is 0 Å². The van der Waals surface area contributed by atoms with Gasteiger partial charge in [0.25, 0.3) is 0 Å². The lowest BCUT2D eigenvalue weighted by molar-refractivity contribution is 0.939. The van der Waals surface area contributed by atoms with Gasteiger partial charge < -0.3 is 11.1 Å². The fourth-order valence-corrected chi connectivity index (χ4v) is 1.77. The van der Waals surface area contributed by atoms with Crippen molar-refractivity contribution in [2.24, 2.45) is 5.73 Å². The molecule has 2 nitrogen and oxygen atoms in total. The van der Waals surface area contributed by atoms with Crippen LogP contribution in [0.25, 0.3) is 0 Å². The van der Waals surface area contributed by atoms with Gasteiger partial charge in [-0.15, -0.1) is 0 Å². The molecule has 3 N–H and O–H groups in total. The molecule has 14 heavy (non-hydrogen) atoms. The molecule has 1 aromatic rings. The summed E-state index contributed by atoms with van der Waals surface area (Å²) in [6.07, 6.45) is 0. The van der Waals surface area contributed by atoms with Gasteiger partial charge in [-0.3, -0.25) is 0 Å². The third-order valence-corrected chi connectivity index (χ3v) is 2.97. The second kappa shape index (κ2) is 6.81. The van der Waals surface area contributed by atoms with Crippen LogP contribution in [0.5, 0.6) is 0 Å². The monoisotopic (exact) mass is 226 g/mol. The Bertz CT molecular complexity index is 275. The van der Waals surface area contributed by atoms with Crippen molar-refractivity contribution in [2.45, 2.75) is 6.54 Å². The van der Waals surface area contributed by atoms with E-state index in [1.54, 1.807) is 11.8 Å². The maximum absolute atomic E-state index is 5.38. The van der Waals surface area contributed by atoms with Gasteiger partial charge in [0.2, 0.25) is 0 Å². The Morgan fingerprint density at radius 1 is 1.36 bits per heavy atom. The zero-order chi connectivity index (χ0) is 10.2. The summed E-state index contributed by atoms with van der Waals surface area (Å²) in [5.41, 5.74) is 6.61. The largest absolute Gasteiger partial charge is 0.367 e. The molecule has 0 radical (unpaired) electrons. The van der Waals surface area contributed by atoms with Crippen LogP contribution < -0.4 is 11.1 Å². The third-order valence-electron chi connectivity index (χ3n) is 1.63. The maximum Gasteiger partial charge on any atom is 0.134 e. The van der Waals surface area contributed by atoms with Gasteiger partial charge in [-0.05, 0) is 5.56 Å². The molecule has 0 aromatic heterocycles. The van der Waals surface area contributed by atoms with E-state index in [0.717, 1.165) is 16.6 Å². The summed E-state index contributed by atoms with van der Waals surface area (Å²) in [4.78, 5) is 0. The minimum Gasteiger partial charge on any atom is -0.367 e. The highest BCUT2D eigenvalue weighted by Gasteiger charge is 1.96. The summed E-state index contributed by atoms with van der Waals surface area (Å²) in [5, 5.41) is 3.17. The van der Waals surface area contributed by atoms with Crippen LogP contribution in [-0.2, 0) is 6.54 Å². The molecule has 0 aliphatic carbocycles. The van der Waals surface area contributed by atoms with Gasteiger partial charge in [-0.2, -0.15) is 0 Å². The predicted molar refractivity (Wildman–Crippen MR) is 67.4 cm³/mol. The first-order valence-corrected chi connectivity index (χ1v) is 5.87. The number of nitrogens with two attached hydrogens (primary N) is 1.